The fourth-order valence-corrected chi connectivity index (χ4v) is 6.50. The quantitative estimate of drug-likeness (QED) is 0.267. The van der Waals surface area contributed by atoms with Gasteiger partial charge in [-0.25, -0.2) is 18.3 Å². The van der Waals surface area contributed by atoms with Gasteiger partial charge in [-0.3, -0.25) is 9.69 Å². The summed E-state index contributed by atoms with van der Waals surface area (Å²) in [4.78, 5) is 30.3. The van der Waals surface area contributed by atoms with Crippen molar-refractivity contribution in [2.75, 3.05) is 32.1 Å². The Bertz CT molecular complexity index is 1700. The van der Waals surface area contributed by atoms with Crippen LogP contribution in [0.2, 0.25) is 0 Å². The maximum atomic E-state index is 14.3. The molecule has 1 aliphatic carbocycles. The third kappa shape index (κ3) is 7.47. The highest BCUT2D eigenvalue weighted by atomic mass is 19.4. The van der Waals surface area contributed by atoms with Crippen molar-refractivity contribution < 1.29 is 57.9 Å². The average molecular weight is 728 g/mol. The van der Waals surface area contributed by atoms with Crippen LogP contribution in [-0.2, 0) is 23.3 Å². The Morgan fingerprint density at radius 2 is 1.38 bits per heavy atom. The molecule has 5 rings (SSSR count). The smallest absolute Gasteiger partial charge is 0.340 e. The molecule has 0 bridgehead atoms. The summed E-state index contributed by atoms with van der Waals surface area (Å²) in [6, 6.07) is 0.771. The molecule has 1 saturated heterocycles. The van der Waals surface area contributed by atoms with Gasteiger partial charge in [0, 0.05) is 44.7 Å². The number of nitrogens with zero attached hydrogens (tertiary/aromatic N) is 7. The number of hydrogen-bond donors (Lipinski definition) is 0. The number of halogens is 11. The van der Waals surface area contributed by atoms with E-state index < -0.39 is 88.7 Å². The summed E-state index contributed by atoms with van der Waals surface area (Å²) < 4.78 is 150. The van der Waals surface area contributed by atoms with E-state index in [1.165, 1.54) is 18.0 Å². The summed E-state index contributed by atoms with van der Waals surface area (Å²) >= 11 is 0. The SMILES string of the molecule is CN(C(=O)N(C)[C@@H]1CN(C(=O)C2CCC(n3nnnc3C(F)(F)F)CC2)C[C@H]1c1ccc(F)c(F)c1)c1cc(C(F)(F)F)cc(C(F)(F)F)c1. The highest BCUT2D eigenvalue weighted by Gasteiger charge is 2.45. The molecule has 0 radical (unpaired) electrons. The lowest BCUT2D eigenvalue weighted by Gasteiger charge is -2.33. The van der Waals surface area contributed by atoms with E-state index in [4.69, 9.17) is 0 Å². The average Bonchev–Trinajstić information content (AvgIpc) is 3.73. The fraction of sp³-hybridized carbons (Fsp3) is 0.500. The molecule has 272 valence electrons. The second-order valence-corrected chi connectivity index (χ2v) is 12.3. The van der Waals surface area contributed by atoms with Gasteiger partial charge in [0.2, 0.25) is 5.91 Å². The van der Waals surface area contributed by atoms with Crippen molar-refractivity contribution in [2.45, 2.75) is 62.2 Å². The van der Waals surface area contributed by atoms with Crippen molar-refractivity contribution >= 4 is 17.6 Å². The van der Waals surface area contributed by atoms with Crippen LogP contribution >= 0.6 is 0 Å². The lowest BCUT2D eigenvalue weighted by Crippen LogP contribution is -2.48. The molecule has 1 aromatic heterocycles. The Kier molecular flexibility index (Phi) is 9.78. The fourth-order valence-electron chi connectivity index (χ4n) is 6.50. The van der Waals surface area contributed by atoms with Gasteiger partial charge in [-0.2, -0.15) is 39.5 Å². The molecule has 0 unspecified atom stereocenters. The number of urea groups is 1. The maximum absolute atomic E-state index is 14.3. The molecule has 20 heteroatoms. The van der Waals surface area contributed by atoms with E-state index in [0.29, 0.717) is 21.7 Å². The van der Waals surface area contributed by atoms with Gasteiger partial charge in [0.1, 0.15) is 0 Å². The molecule has 2 fully saturated rings. The zero-order valence-electron chi connectivity index (χ0n) is 26.1. The number of benzene rings is 2. The van der Waals surface area contributed by atoms with Crippen molar-refractivity contribution in [3.63, 3.8) is 0 Å². The summed E-state index contributed by atoms with van der Waals surface area (Å²) in [6.07, 6.45) is -14.6. The summed E-state index contributed by atoms with van der Waals surface area (Å²) in [6.45, 7) is -0.344. The van der Waals surface area contributed by atoms with Crippen LogP contribution in [0.5, 0.6) is 0 Å². The first-order valence-corrected chi connectivity index (χ1v) is 15.1. The van der Waals surface area contributed by atoms with Gasteiger partial charge < -0.3 is 9.80 Å². The van der Waals surface area contributed by atoms with E-state index in [-0.39, 0.29) is 50.4 Å². The molecule has 0 N–H and O–H groups in total. The Morgan fingerprint density at radius 1 is 0.780 bits per heavy atom. The van der Waals surface area contributed by atoms with Gasteiger partial charge in [0.05, 0.1) is 23.2 Å². The predicted octanol–water partition coefficient (Wildman–Crippen LogP) is 6.92. The Balaban J connectivity index is 1.38. The molecule has 2 aliphatic rings. The molecule has 2 heterocycles. The number of likely N-dealkylation sites (N-methyl/N-ethyl adjacent to an activating group) is 1. The van der Waals surface area contributed by atoms with Crippen molar-refractivity contribution in [3.05, 3.63) is 70.5 Å². The molecular weight excluding hydrogens is 699 g/mol. The van der Waals surface area contributed by atoms with Gasteiger partial charge >= 0.3 is 24.6 Å². The minimum Gasteiger partial charge on any atom is -0.340 e. The number of amides is 3. The largest absolute Gasteiger partial charge is 0.453 e. The number of anilines is 1. The molecular formula is C30H28F11N7O2. The second-order valence-electron chi connectivity index (χ2n) is 12.3. The Morgan fingerprint density at radius 3 is 1.92 bits per heavy atom. The molecule has 2 atom stereocenters. The number of alkyl halides is 9. The number of carbonyl (C=O) groups is 2. The molecule has 1 aliphatic heterocycles. The molecule has 3 amide bonds. The third-order valence-corrected chi connectivity index (χ3v) is 9.16. The van der Waals surface area contributed by atoms with Gasteiger partial charge in [-0.15, -0.1) is 5.10 Å². The number of likely N-dealkylation sites (tertiary alicyclic amines) is 1. The van der Waals surface area contributed by atoms with Crippen LogP contribution in [0, 0.1) is 17.6 Å². The number of hydrogen-bond acceptors (Lipinski definition) is 5. The summed E-state index contributed by atoms with van der Waals surface area (Å²) in [5.74, 6) is -5.68. The summed E-state index contributed by atoms with van der Waals surface area (Å²) in [5.41, 5.74) is -3.86. The Hall–Kier alpha value is -4.52. The van der Waals surface area contributed by atoms with E-state index in [0.717, 1.165) is 24.1 Å². The summed E-state index contributed by atoms with van der Waals surface area (Å²) in [5, 5.41) is 9.61. The van der Waals surface area contributed by atoms with Crippen LogP contribution < -0.4 is 4.90 Å². The minimum absolute atomic E-state index is 0.0867. The van der Waals surface area contributed by atoms with Crippen molar-refractivity contribution in [1.82, 2.24) is 30.0 Å². The van der Waals surface area contributed by atoms with Gasteiger partial charge in [-0.05, 0) is 72.0 Å². The molecule has 50 heavy (non-hydrogen) atoms. The highest BCUT2D eigenvalue weighted by molar-refractivity contribution is 5.92. The maximum Gasteiger partial charge on any atom is 0.453 e. The highest BCUT2D eigenvalue weighted by Crippen LogP contribution is 2.41. The zero-order chi connectivity index (χ0) is 36.9. The van der Waals surface area contributed by atoms with E-state index >= 15 is 0 Å². The van der Waals surface area contributed by atoms with Gasteiger partial charge in [0.15, 0.2) is 11.6 Å². The van der Waals surface area contributed by atoms with Crippen LogP contribution in [-0.4, -0.2) is 75.2 Å². The molecule has 0 spiro atoms. The van der Waals surface area contributed by atoms with Crippen LogP contribution in [0.3, 0.4) is 0 Å². The van der Waals surface area contributed by atoms with Crippen molar-refractivity contribution in [3.8, 4) is 0 Å². The first-order valence-electron chi connectivity index (χ1n) is 15.1. The lowest BCUT2D eigenvalue weighted by atomic mass is 9.85. The summed E-state index contributed by atoms with van der Waals surface area (Å²) in [7, 11) is 2.17. The van der Waals surface area contributed by atoms with Crippen LogP contribution in [0.15, 0.2) is 36.4 Å². The number of rotatable bonds is 5. The van der Waals surface area contributed by atoms with Crippen LogP contribution in [0.25, 0.3) is 0 Å². The lowest BCUT2D eigenvalue weighted by molar-refractivity contribution is -0.149. The number of carbonyl (C=O) groups excluding carboxylic acids is 2. The molecule has 2 aromatic carbocycles. The van der Waals surface area contributed by atoms with E-state index in [9.17, 15) is 57.9 Å². The number of aromatic nitrogens is 4. The first kappa shape index (κ1) is 36.8. The second kappa shape index (κ2) is 13.3. The monoisotopic (exact) mass is 727 g/mol. The van der Waals surface area contributed by atoms with Crippen molar-refractivity contribution in [2.24, 2.45) is 5.92 Å². The third-order valence-electron chi connectivity index (χ3n) is 9.16. The normalized spacial score (nSPS) is 21.7. The Labute approximate surface area is 276 Å². The van der Waals surface area contributed by atoms with E-state index in [1.54, 1.807) is 0 Å². The van der Waals surface area contributed by atoms with Gasteiger partial charge in [0.25, 0.3) is 5.82 Å². The van der Waals surface area contributed by atoms with Crippen LogP contribution in [0.1, 0.15) is 60.2 Å². The van der Waals surface area contributed by atoms with Crippen LogP contribution in [0.4, 0.5) is 58.8 Å². The van der Waals surface area contributed by atoms with E-state index in [1.807, 2.05) is 0 Å². The molecule has 9 nitrogen and oxygen atoms in total. The first-order chi connectivity index (χ1) is 23.2. The minimum atomic E-state index is -5.18. The molecule has 1 saturated carbocycles. The zero-order valence-corrected chi connectivity index (χ0v) is 26.1. The predicted molar refractivity (Wildman–Crippen MR) is 151 cm³/mol. The van der Waals surface area contributed by atoms with Crippen molar-refractivity contribution in [1.29, 1.82) is 0 Å². The number of tetrazole rings is 1. The van der Waals surface area contributed by atoms with E-state index in [2.05, 4.69) is 15.5 Å². The standard InChI is InChI=1S/C30H28F11N7O2/c1-45(20-11-17(28(33,34)35)10-18(12-20)29(36,37)38)27(50)46(2)24-14-47(13-21(24)16-5-8-22(31)23(32)9-16)25(49)15-3-6-19(7-4-15)48-26(30(39,40)41)42-43-44-48/h5,8-12,15,19,21,24H,3-4,6-7,13-14H2,1-2H3/t15?,19?,21-,24+/m0/s1. The van der Waals surface area contributed by atoms with Gasteiger partial charge in [-0.1, -0.05) is 6.07 Å². The topological polar surface area (TPSA) is 87.5 Å². The molecule has 3 aromatic rings.